The molecule has 6 nitrogen and oxygen atoms in total. The van der Waals surface area contributed by atoms with E-state index in [-0.39, 0.29) is 11.6 Å². The average molecular weight is 333 g/mol. The Morgan fingerprint density at radius 3 is 2.48 bits per heavy atom. The Hall–Kier alpha value is -3.28. The van der Waals surface area contributed by atoms with E-state index in [9.17, 15) is 4.79 Å². The Morgan fingerprint density at radius 1 is 1.04 bits per heavy atom. The van der Waals surface area contributed by atoms with E-state index in [4.69, 9.17) is 0 Å². The first-order chi connectivity index (χ1) is 12.1. The van der Waals surface area contributed by atoms with E-state index in [2.05, 4.69) is 31.9 Å². The lowest BCUT2D eigenvalue weighted by molar-refractivity contribution is 0.102. The number of nitrogens with one attached hydrogen (secondary N) is 2. The largest absolute Gasteiger partial charge is 0.364 e. The van der Waals surface area contributed by atoms with Crippen LogP contribution < -0.4 is 10.6 Å². The Labute approximate surface area is 146 Å². The van der Waals surface area contributed by atoms with Crippen LogP contribution in [0.1, 0.15) is 27.2 Å². The fourth-order valence-electron chi connectivity index (χ4n) is 2.48. The molecule has 3 rings (SSSR count). The summed E-state index contributed by atoms with van der Waals surface area (Å²) in [6.07, 6.45) is 3.51. The number of aromatic nitrogens is 3. The number of hydrogen-bond donors (Lipinski definition) is 2. The lowest BCUT2D eigenvalue weighted by atomic mass is 10.1. The molecule has 0 aliphatic rings. The Balaban J connectivity index is 1.62. The van der Waals surface area contributed by atoms with Crippen molar-refractivity contribution in [2.24, 2.45) is 0 Å². The van der Waals surface area contributed by atoms with Crippen LogP contribution in [-0.4, -0.2) is 21.1 Å². The second-order valence-electron chi connectivity index (χ2n) is 5.85. The van der Waals surface area contributed by atoms with Gasteiger partial charge in [0.2, 0.25) is 0 Å². The van der Waals surface area contributed by atoms with Crippen molar-refractivity contribution in [1.82, 2.24) is 15.2 Å². The van der Waals surface area contributed by atoms with Gasteiger partial charge in [0.15, 0.2) is 5.69 Å². The number of amides is 1. The van der Waals surface area contributed by atoms with Crippen LogP contribution in [0.25, 0.3) is 0 Å². The molecular weight excluding hydrogens is 314 g/mol. The number of hydrogen-bond acceptors (Lipinski definition) is 5. The van der Waals surface area contributed by atoms with E-state index in [1.165, 1.54) is 0 Å². The van der Waals surface area contributed by atoms with Crippen molar-refractivity contribution in [2.45, 2.75) is 20.4 Å². The number of anilines is 2. The Kier molecular flexibility index (Phi) is 4.99. The molecule has 2 heterocycles. The van der Waals surface area contributed by atoms with Crippen molar-refractivity contribution in [3.63, 3.8) is 0 Å². The predicted octanol–water partition coefficient (Wildman–Crippen LogP) is 3.35. The third-order valence-corrected chi connectivity index (χ3v) is 3.57. The van der Waals surface area contributed by atoms with Crippen molar-refractivity contribution in [3.8, 4) is 0 Å². The van der Waals surface area contributed by atoms with Gasteiger partial charge in [0.1, 0.15) is 5.82 Å². The maximum Gasteiger partial charge on any atom is 0.276 e. The van der Waals surface area contributed by atoms with Gasteiger partial charge in [-0.15, -0.1) is 10.2 Å². The molecule has 126 valence electrons. The fourth-order valence-corrected chi connectivity index (χ4v) is 2.48. The summed E-state index contributed by atoms with van der Waals surface area (Å²) in [5, 5.41) is 14.0. The van der Waals surface area contributed by atoms with Gasteiger partial charge in [-0.2, -0.15) is 0 Å². The zero-order valence-electron chi connectivity index (χ0n) is 14.2. The van der Waals surface area contributed by atoms with E-state index in [0.717, 1.165) is 22.4 Å². The summed E-state index contributed by atoms with van der Waals surface area (Å²) in [5.74, 6) is 0.322. The Morgan fingerprint density at radius 2 is 1.84 bits per heavy atom. The molecular formula is C19H19N5O. The van der Waals surface area contributed by atoms with Crippen molar-refractivity contribution in [2.75, 3.05) is 10.6 Å². The van der Waals surface area contributed by atoms with Crippen LogP contribution >= 0.6 is 0 Å². The molecule has 0 saturated carbocycles. The lowest BCUT2D eigenvalue weighted by Gasteiger charge is -2.08. The van der Waals surface area contributed by atoms with Crippen LogP contribution in [0.4, 0.5) is 11.5 Å². The van der Waals surface area contributed by atoms with Crippen LogP contribution in [0.5, 0.6) is 0 Å². The van der Waals surface area contributed by atoms with Crippen LogP contribution in [0.2, 0.25) is 0 Å². The predicted molar refractivity (Wildman–Crippen MR) is 97.5 cm³/mol. The van der Waals surface area contributed by atoms with Crippen molar-refractivity contribution >= 4 is 17.4 Å². The van der Waals surface area contributed by atoms with Gasteiger partial charge in [-0.25, -0.2) is 0 Å². The first-order valence-electron chi connectivity index (χ1n) is 7.96. The maximum absolute atomic E-state index is 12.3. The van der Waals surface area contributed by atoms with Gasteiger partial charge in [0, 0.05) is 24.6 Å². The van der Waals surface area contributed by atoms with Crippen molar-refractivity contribution in [3.05, 3.63) is 77.2 Å². The van der Waals surface area contributed by atoms with Gasteiger partial charge in [0.05, 0.1) is 0 Å². The molecule has 0 spiro atoms. The standard InChI is InChI=1S/C19H19N5O/c1-13-8-14(2)10-16(9-13)22-19(25)17-5-6-18(24-23-17)21-12-15-4-3-7-20-11-15/h3-11H,12H2,1-2H3,(H,21,24)(H,22,25). The van der Waals surface area contributed by atoms with Gasteiger partial charge < -0.3 is 10.6 Å². The number of pyridine rings is 1. The van der Waals surface area contributed by atoms with E-state index in [1.807, 2.05) is 38.1 Å². The summed E-state index contributed by atoms with van der Waals surface area (Å²) in [7, 11) is 0. The monoisotopic (exact) mass is 333 g/mol. The highest BCUT2D eigenvalue weighted by Gasteiger charge is 2.09. The van der Waals surface area contributed by atoms with Crippen LogP contribution in [0, 0.1) is 13.8 Å². The molecule has 25 heavy (non-hydrogen) atoms. The molecule has 0 atom stereocenters. The first kappa shape index (κ1) is 16.6. The summed E-state index contributed by atoms with van der Waals surface area (Å²) in [6, 6.07) is 13.1. The minimum absolute atomic E-state index is 0.270. The van der Waals surface area contributed by atoms with E-state index >= 15 is 0 Å². The third-order valence-electron chi connectivity index (χ3n) is 3.57. The van der Waals surface area contributed by atoms with Gasteiger partial charge in [-0.1, -0.05) is 12.1 Å². The van der Waals surface area contributed by atoms with E-state index in [0.29, 0.717) is 12.4 Å². The SMILES string of the molecule is Cc1cc(C)cc(NC(=O)c2ccc(NCc3cccnc3)nn2)c1. The highest BCUT2D eigenvalue weighted by molar-refractivity contribution is 6.02. The second kappa shape index (κ2) is 7.53. The summed E-state index contributed by atoms with van der Waals surface area (Å²) in [4.78, 5) is 16.3. The molecule has 0 aliphatic heterocycles. The molecule has 1 aromatic carbocycles. The quantitative estimate of drug-likeness (QED) is 0.748. The van der Waals surface area contributed by atoms with Gasteiger partial charge in [-0.3, -0.25) is 9.78 Å². The molecule has 0 unspecified atom stereocenters. The van der Waals surface area contributed by atoms with Crippen LogP contribution in [0.3, 0.4) is 0 Å². The first-order valence-corrected chi connectivity index (χ1v) is 7.96. The normalized spacial score (nSPS) is 10.3. The number of carbonyl (C=O) groups is 1. The lowest BCUT2D eigenvalue weighted by Crippen LogP contribution is -2.15. The molecule has 1 amide bonds. The average Bonchev–Trinajstić information content (AvgIpc) is 2.60. The summed E-state index contributed by atoms with van der Waals surface area (Å²) < 4.78 is 0. The van der Waals surface area contributed by atoms with E-state index < -0.39 is 0 Å². The molecule has 0 aliphatic carbocycles. The van der Waals surface area contributed by atoms with E-state index in [1.54, 1.807) is 24.5 Å². The molecule has 3 aromatic rings. The molecule has 0 fully saturated rings. The number of carbonyl (C=O) groups excluding carboxylic acids is 1. The third kappa shape index (κ3) is 4.60. The topological polar surface area (TPSA) is 79.8 Å². The van der Waals surface area contributed by atoms with Crippen LogP contribution in [-0.2, 0) is 6.54 Å². The minimum atomic E-state index is -0.281. The second-order valence-corrected chi connectivity index (χ2v) is 5.85. The molecule has 2 aromatic heterocycles. The Bertz CT molecular complexity index is 842. The zero-order valence-corrected chi connectivity index (χ0v) is 14.2. The van der Waals surface area contributed by atoms with Crippen molar-refractivity contribution < 1.29 is 4.79 Å². The molecule has 0 bridgehead atoms. The molecule has 6 heteroatoms. The maximum atomic E-state index is 12.3. The highest BCUT2D eigenvalue weighted by Crippen LogP contribution is 2.15. The highest BCUT2D eigenvalue weighted by atomic mass is 16.1. The fraction of sp³-hybridized carbons (Fsp3) is 0.158. The number of rotatable bonds is 5. The minimum Gasteiger partial charge on any atom is -0.364 e. The van der Waals surface area contributed by atoms with Gasteiger partial charge >= 0.3 is 0 Å². The molecule has 0 saturated heterocycles. The number of nitrogens with zero attached hydrogens (tertiary/aromatic N) is 3. The molecule has 2 N–H and O–H groups in total. The van der Waals surface area contributed by atoms with Gasteiger partial charge in [-0.05, 0) is 60.9 Å². The summed E-state index contributed by atoms with van der Waals surface area (Å²) in [5.41, 5.74) is 4.25. The zero-order chi connectivity index (χ0) is 17.6. The summed E-state index contributed by atoms with van der Waals surface area (Å²) >= 11 is 0. The number of aryl methyl sites for hydroxylation is 2. The summed E-state index contributed by atoms with van der Waals surface area (Å²) in [6.45, 7) is 4.58. The van der Waals surface area contributed by atoms with Crippen molar-refractivity contribution in [1.29, 1.82) is 0 Å². The van der Waals surface area contributed by atoms with Gasteiger partial charge in [0.25, 0.3) is 5.91 Å². The number of benzene rings is 1. The van der Waals surface area contributed by atoms with Crippen LogP contribution in [0.15, 0.2) is 54.9 Å². The smallest absolute Gasteiger partial charge is 0.276 e. The molecule has 0 radical (unpaired) electrons.